The molecule has 0 saturated carbocycles. The van der Waals surface area contributed by atoms with Gasteiger partial charge < -0.3 is 15.0 Å². The van der Waals surface area contributed by atoms with Gasteiger partial charge in [-0.3, -0.25) is 4.79 Å². The SMILES string of the molecule is COCCCN(C)C(=O)C1CCNCC1.Cl. The summed E-state index contributed by atoms with van der Waals surface area (Å²) in [4.78, 5) is 13.8. The molecule has 96 valence electrons. The number of nitrogens with zero attached hydrogens (tertiary/aromatic N) is 1. The Bertz CT molecular complexity index is 196. The van der Waals surface area contributed by atoms with Crippen molar-refractivity contribution in [2.75, 3.05) is 40.4 Å². The molecule has 1 aliphatic heterocycles. The van der Waals surface area contributed by atoms with Gasteiger partial charge in [0.1, 0.15) is 0 Å². The summed E-state index contributed by atoms with van der Waals surface area (Å²) in [6, 6.07) is 0. The van der Waals surface area contributed by atoms with E-state index >= 15 is 0 Å². The third-order valence-corrected chi connectivity index (χ3v) is 2.91. The third kappa shape index (κ3) is 5.14. The molecule has 1 rings (SSSR count). The fourth-order valence-electron chi connectivity index (χ4n) is 1.94. The molecule has 1 saturated heterocycles. The van der Waals surface area contributed by atoms with Crippen molar-refractivity contribution >= 4 is 18.3 Å². The van der Waals surface area contributed by atoms with E-state index in [1.807, 2.05) is 11.9 Å². The first-order valence-electron chi connectivity index (χ1n) is 5.70. The van der Waals surface area contributed by atoms with Crippen molar-refractivity contribution in [1.29, 1.82) is 0 Å². The van der Waals surface area contributed by atoms with E-state index in [2.05, 4.69) is 5.32 Å². The summed E-state index contributed by atoms with van der Waals surface area (Å²) in [7, 11) is 3.58. The van der Waals surface area contributed by atoms with Gasteiger partial charge in [-0.2, -0.15) is 0 Å². The summed E-state index contributed by atoms with van der Waals surface area (Å²) in [5, 5.41) is 3.27. The monoisotopic (exact) mass is 250 g/mol. The van der Waals surface area contributed by atoms with Crippen LogP contribution in [-0.2, 0) is 9.53 Å². The van der Waals surface area contributed by atoms with E-state index in [9.17, 15) is 4.79 Å². The quantitative estimate of drug-likeness (QED) is 0.738. The van der Waals surface area contributed by atoms with E-state index in [4.69, 9.17) is 4.74 Å². The van der Waals surface area contributed by atoms with Crippen LogP contribution in [0.2, 0.25) is 0 Å². The number of carbonyl (C=O) groups excluding carboxylic acids is 1. The minimum absolute atomic E-state index is 0. The molecule has 1 fully saturated rings. The number of carbonyl (C=O) groups is 1. The average Bonchev–Trinajstić information content (AvgIpc) is 2.29. The molecule has 0 aliphatic carbocycles. The lowest BCUT2D eigenvalue weighted by atomic mass is 9.97. The molecule has 1 heterocycles. The fourth-order valence-corrected chi connectivity index (χ4v) is 1.94. The minimum atomic E-state index is 0. The van der Waals surface area contributed by atoms with Gasteiger partial charge >= 0.3 is 0 Å². The molecule has 0 atom stereocenters. The Balaban J connectivity index is 0.00000225. The fraction of sp³-hybridized carbons (Fsp3) is 0.909. The van der Waals surface area contributed by atoms with Crippen molar-refractivity contribution in [1.82, 2.24) is 10.2 Å². The van der Waals surface area contributed by atoms with Crippen molar-refractivity contribution in [3.63, 3.8) is 0 Å². The highest BCUT2D eigenvalue weighted by molar-refractivity contribution is 5.85. The summed E-state index contributed by atoms with van der Waals surface area (Å²) in [5.74, 6) is 0.534. The first-order chi connectivity index (χ1) is 7.25. The highest BCUT2D eigenvalue weighted by Crippen LogP contribution is 2.14. The topological polar surface area (TPSA) is 41.6 Å². The number of halogens is 1. The van der Waals surface area contributed by atoms with Crippen molar-refractivity contribution in [3.8, 4) is 0 Å². The average molecular weight is 251 g/mol. The predicted molar refractivity (Wildman–Crippen MR) is 67.0 cm³/mol. The minimum Gasteiger partial charge on any atom is -0.385 e. The van der Waals surface area contributed by atoms with Gasteiger partial charge in [0.25, 0.3) is 0 Å². The lowest BCUT2D eigenvalue weighted by molar-refractivity contribution is -0.135. The highest BCUT2D eigenvalue weighted by atomic mass is 35.5. The van der Waals surface area contributed by atoms with Crippen LogP contribution in [0.15, 0.2) is 0 Å². The van der Waals surface area contributed by atoms with Crippen LogP contribution in [0.3, 0.4) is 0 Å². The van der Waals surface area contributed by atoms with Gasteiger partial charge in [0.05, 0.1) is 0 Å². The van der Waals surface area contributed by atoms with E-state index in [1.54, 1.807) is 7.11 Å². The van der Waals surface area contributed by atoms with E-state index in [0.717, 1.165) is 45.5 Å². The number of piperidine rings is 1. The summed E-state index contributed by atoms with van der Waals surface area (Å²) >= 11 is 0. The van der Waals surface area contributed by atoms with Crippen molar-refractivity contribution in [2.24, 2.45) is 5.92 Å². The number of amides is 1. The Kier molecular flexibility index (Phi) is 8.61. The van der Waals surface area contributed by atoms with Crippen LogP contribution in [0.5, 0.6) is 0 Å². The Morgan fingerprint density at radius 2 is 2.06 bits per heavy atom. The molecular formula is C11H23ClN2O2. The van der Waals surface area contributed by atoms with E-state index in [1.165, 1.54) is 0 Å². The zero-order valence-electron chi connectivity index (χ0n) is 10.2. The van der Waals surface area contributed by atoms with Gasteiger partial charge in [-0.25, -0.2) is 0 Å². The molecule has 0 radical (unpaired) electrons. The van der Waals surface area contributed by atoms with Crippen LogP contribution in [0, 0.1) is 5.92 Å². The third-order valence-electron chi connectivity index (χ3n) is 2.91. The Morgan fingerprint density at radius 1 is 1.44 bits per heavy atom. The Hall–Kier alpha value is -0.320. The molecule has 0 aromatic rings. The smallest absolute Gasteiger partial charge is 0.225 e. The Morgan fingerprint density at radius 3 is 2.62 bits per heavy atom. The van der Waals surface area contributed by atoms with Gasteiger partial charge in [-0.15, -0.1) is 12.4 Å². The molecule has 1 N–H and O–H groups in total. The standard InChI is InChI=1S/C11H22N2O2.ClH/c1-13(8-3-9-15-2)11(14)10-4-6-12-7-5-10;/h10,12H,3-9H2,1-2H3;1H. The molecule has 0 bridgehead atoms. The van der Waals surface area contributed by atoms with E-state index < -0.39 is 0 Å². The van der Waals surface area contributed by atoms with E-state index in [-0.39, 0.29) is 18.3 Å². The predicted octanol–water partition coefficient (Wildman–Crippen LogP) is 0.903. The largest absolute Gasteiger partial charge is 0.385 e. The van der Waals surface area contributed by atoms with Gasteiger partial charge in [-0.05, 0) is 32.4 Å². The lowest BCUT2D eigenvalue weighted by Gasteiger charge is -2.26. The van der Waals surface area contributed by atoms with Crippen LogP contribution in [-0.4, -0.2) is 51.2 Å². The summed E-state index contributed by atoms with van der Waals surface area (Å²) in [6.07, 6.45) is 2.88. The van der Waals surface area contributed by atoms with Crippen LogP contribution in [0.1, 0.15) is 19.3 Å². The summed E-state index contributed by atoms with van der Waals surface area (Å²) in [5.41, 5.74) is 0. The van der Waals surface area contributed by atoms with Crippen molar-refractivity contribution < 1.29 is 9.53 Å². The van der Waals surface area contributed by atoms with Crippen molar-refractivity contribution in [3.05, 3.63) is 0 Å². The van der Waals surface area contributed by atoms with Crippen LogP contribution >= 0.6 is 12.4 Å². The van der Waals surface area contributed by atoms with Gasteiger partial charge in [-0.1, -0.05) is 0 Å². The molecule has 1 amide bonds. The molecule has 0 aromatic heterocycles. The van der Waals surface area contributed by atoms with Crippen LogP contribution in [0.4, 0.5) is 0 Å². The number of hydrogen-bond acceptors (Lipinski definition) is 3. The maximum atomic E-state index is 11.9. The first kappa shape index (κ1) is 15.7. The molecule has 1 aliphatic rings. The molecule has 0 spiro atoms. The summed E-state index contributed by atoms with van der Waals surface area (Å²) in [6.45, 7) is 3.48. The molecule has 4 nitrogen and oxygen atoms in total. The first-order valence-corrected chi connectivity index (χ1v) is 5.70. The number of rotatable bonds is 5. The van der Waals surface area contributed by atoms with Crippen LogP contribution < -0.4 is 5.32 Å². The second-order valence-corrected chi connectivity index (χ2v) is 4.13. The molecular weight excluding hydrogens is 228 g/mol. The molecule has 0 unspecified atom stereocenters. The molecule has 0 aromatic carbocycles. The van der Waals surface area contributed by atoms with Crippen molar-refractivity contribution in [2.45, 2.75) is 19.3 Å². The second-order valence-electron chi connectivity index (χ2n) is 4.13. The maximum absolute atomic E-state index is 11.9. The normalized spacial score (nSPS) is 16.6. The van der Waals surface area contributed by atoms with E-state index in [0.29, 0.717) is 5.91 Å². The highest BCUT2D eigenvalue weighted by Gasteiger charge is 2.23. The molecule has 16 heavy (non-hydrogen) atoms. The zero-order valence-corrected chi connectivity index (χ0v) is 11.0. The van der Waals surface area contributed by atoms with Gasteiger partial charge in [0.2, 0.25) is 5.91 Å². The van der Waals surface area contributed by atoms with Gasteiger partial charge in [0.15, 0.2) is 0 Å². The zero-order chi connectivity index (χ0) is 11.1. The Labute approximate surface area is 104 Å². The number of hydrogen-bond donors (Lipinski definition) is 1. The summed E-state index contributed by atoms with van der Waals surface area (Å²) < 4.78 is 4.97. The number of methoxy groups -OCH3 is 1. The maximum Gasteiger partial charge on any atom is 0.225 e. The lowest BCUT2D eigenvalue weighted by Crippen LogP contribution is -2.39. The number of ether oxygens (including phenoxy) is 1. The number of nitrogens with one attached hydrogen (secondary N) is 1. The second kappa shape index (κ2) is 8.79. The molecule has 5 heteroatoms. The van der Waals surface area contributed by atoms with Gasteiger partial charge in [0, 0.05) is 33.2 Å². The van der Waals surface area contributed by atoms with Crippen LogP contribution in [0.25, 0.3) is 0 Å².